The highest BCUT2D eigenvalue weighted by molar-refractivity contribution is 4.76. The van der Waals surface area contributed by atoms with E-state index < -0.39 is 0 Å². The van der Waals surface area contributed by atoms with Gasteiger partial charge in [0.2, 0.25) is 0 Å². The Labute approximate surface area is 149 Å². The van der Waals surface area contributed by atoms with Crippen molar-refractivity contribution in [2.24, 2.45) is 11.5 Å². The molecule has 0 aliphatic heterocycles. The second kappa shape index (κ2) is 9.46. The molecule has 0 heterocycles. The van der Waals surface area contributed by atoms with Gasteiger partial charge in [-0.3, -0.25) is 10.6 Å². The molecule has 0 amide bonds. The van der Waals surface area contributed by atoms with Gasteiger partial charge in [0, 0.05) is 6.54 Å². The molecule has 0 aliphatic carbocycles. The van der Waals surface area contributed by atoms with Gasteiger partial charge in [0.05, 0.1) is 35.7 Å². The molecule has 6 heteroatoms. The SMILES string of the molecule is CC(C)(N)NCCOC(C)(C)CCOC(C)(C)CCNC(C)(C)N. The van der Waals surface area contributed by atoms with E-state index in [-0.39, 0.29) is 22.5 Å². The fourth-order valence-corrected chi connectivity index (χ4v) is 2.10. The summed E-state index contributed by atoms with van der Waals surface area (Å²) in [6, 6.07) is 0. The molecule has 0 unspecified atom stereocenters. The number of nitrogens with two attached hydrogens (primary N) is 2. The molecule has 0 fully saturated rings. The molecule has 24 heavy (non-hydrogen) atoms. The Kier molecular flexibility index (Phi) is 9.36. The molecule has 0 aliphatic rings. The van der Waals surface area contributed by atoms with Crippen molar-refractivity contribution in [2.45, 2.75) is 90.8 Å². The summed E-state index contributed by atoms with van der Waals surface area (Å²) in [5, 5.41) is 6.50. The van der Waals surface area contributed by atoms with Crippen LogP contribution in [0.2, 0.25) is 0 Å². The molecule has 0 saturated heterocycles. The van der Waals surface area contributed by atoms with Crippen LogP contribution in [0.5, 0.6) is 0 Å². The van der Waals surface area contributed by atoms with Crippen LogP contribution in [0.4, 0.5) is 0 Å². The fraction of sp³-hybridized carbons (Fsp3) is 1.00. The number of rotatable bonds is 13. The van der Waals surface area contributed by atoms with Gasteiger partial charge < -0.3 is 20.9 Å². The molecular weight excluding hydrogens is 304 g/mol. The third-order valence-corrected chi connectivity index (χ3v) is 3.68. The maximum atomic E-state index is 6.04. The first-order valence-corrected chi connectivity index (χ1v) is 8.98. The Morgan fingerprint density at radius 2 is 1.04 bits per heavy atom. The van der Waals surface area contributed by atoms with Crippen molar-refractivity contribution in [1.29, 1.82) is 0 Å². The molecule has 146 valence electrons. The van der Waals surface area contributed by atoms with Crippen LogP contribution in [-0.4, -0.2) is 48.8 Å². The zero-order chi connectivity index (χ0) is 19.1. The molecule has 0 atom stereocenters. The molecular formula is C18H42N4O2. The van der Waals surface area contributed by atoms with Crippen molar-refractivity contribution in [3.63, 3.8) is 0 Å². The molecule has 0 rings (SSSR count). The van der Waals surface area contributed by atoms with E-state index in [9.17, 15) is 0 Å². The minimum absolute atomic E-state index is 0.181. The van der Waals surface area contributed by atoms with Crippen molar-refractivity contribution in [3.05, 3.63) is 0 Å². The second-order valence-electron chi connectivity index (χ2n) is 9.01. The summed E-state index contributed by atoms with van der Waals surface area (Å²) in [5.41, 5.74) is 10.7. The van der Waals surface area contributed by atoms with Crippen LogP contribution in [-0.2, 0) is 9.47 Å². The number of hydrogen-bond donors (Lipinski definition) is 4. The molecule has 0 bridgehead atoms. The fourth-order valence-electron chi connectivity index (χ4n) is 2.10. The van der Waals surface area contributed by atoms with Crippen molar-refractivity contribution < 1.29 is 9.47 Å². The first-order chi connectivity index (χ1) is 10.6. The highest BCUT2D eigenvalue weighted by Crippen LogP contribution is 2.19. The normalized spacial score (nSPS) is 14.2. The number of ether oxygens (including phenoxy) is 2. The predicted octanol–water partition coefficient (Wildman–Crippen LogP) is 1.93. The lowest BCUT2D eigenvalue weighted by molar-refractivity contribution is -0.0739. The molecule has 6 N–H and O–H groups in total. The number of hydrogen-bond acceptors (Lipinski definition) is 6. The van der Waals surface area contributed by atoms with Crippen LogP contribution in [0.25, 0.3) is 0 Å². The van der Waals surface area contributed by atoms with Gasteiger partial charge in [0.1, 0.15) is 0 Å². The van der Waals surface area contributed by atoms with E-state index in [0.717, 1.165) is 25.9 Å². The number of nitrogens with one attached hydrogen (secondary N) is 2. The molecule has 0 aromatic rings. The average Bonchev–Trinajstić information content (AvgIpc) is 2.31. The highest BCUT2D eigenvalue weighted by atomic mass is 16.5. The van der Waals surface area contributed by atoms with Crippen molar-refractivity contribution in [3.8, 4) is 0 Å². The van der Waals surface area contributed by atoms with Crippen LogP contribution < -0.4 is 22.1 Å². The molecule has 0 aromatic heterocycles. The molecule has 6 nitrogen and oxygen atoms in total. The van der Waals surface area contributed by atoms with E-state index in [0.29, 0.717) is 13.2 Å². The average molecular weight is 347 g/mol. The van der Waals surface area contributed by atoms with E-state index in [1.54, 1.807) is 0 Å². The van der Waals surface area contributed by atoms with E-state index >= 15 is 0 Å². The lowest BCUT2D eigenvalue weighted by Gasteiger charge is -2.31. The van der Waals surface area contributed by atoms with Crippen LogP contribution >= 0.6 is 0 Å². The zero-order valence-electron chi connectivity index (χ0n) is 17.2. The zero-order valence-corrected chi connectivity index (χ0v) is 17.2. The van der Waals surface area contributed by atoms with E-state index in [1.165, 1.54) is 0 Å². The third kappa shape index (κ3) is 15.3. The Balaban J connectivity index is 3.96. The summed E-state index contributed by atoms with van der Waals surface area (Å²) >= 11 is 0. The summed E-state index contributed by atoms with van der Waals surface area (Å²) in [7, 11) is 0. The maximum absolute atomic E-state index is 6.04. The largest absolute Gasteiger partial charge is 0.375 e. The van der Waals surface area contributed by atoms with Crippen molar-refractivity contribution in [2.75, 3.05) is 26.3 Å². The Bertz CT molecular complexity index is 344. The summed E-state index contributed by atoms with van der Waals surface area (Å²) in [4.78, 5) is 0. The minimum Gasteiger partial charge on any atom is -0.375 e. The topological polar surface area (TPSA) is 94.6 Å². The van der Waals surface area contributed by atoms with Crippen LogP contribution in [0.1, 0.15) is 68.2 Å². The van der Waals surface area contributed by atoms with E-state index in [2.05, 4.69) is 38.3 Å². The second-order valence-corrected chi connectivity index (χ2v) is 9.01. The van der Waals surface area contributed by atoms with E-state index in [1.807, 2.05) is 27.7 Å². The maximum Gasteiger partial charge on any atom is 0.0649 e. The van der Waals surface area contributed by atoms with Gasteiger partial charge in [-0.05, 0) is 74.8 Å². The third-order valence-electron chi connectivity index (χ3n) is 3.68. The quantitative estimate of drug-likeness (QED) is 0.301. The smallest absolute Gasteiger partial charge is 0.0649 e. The van der Waals surface area contributed by atoms with Gasteiger partial charge in [-0.1, -0.05) is 0 Å². The van der Waals surface area contributed by atoms with Crippen LogP contribution in [0.3, 0.4) is 0 Å². The lowest BCUT2D eigenvalue weighted by Crippen LogP contribution is -2.49. The van der Waals surface area contributed by atoms with Crippen LogP contribution in [0.15, 0.2) is 0 Å². The molecule has 0 spiro atoms. The monoisotopic (exact) mass is 346 g/mol. The van der Waals surface area contributed by atoms with Crippen molar-refractivity contribution >= 4 is 0 Å². The lowest BCUT2D eigenvalue weighted by atomic mass is 10.0. The summed E-state index contributed by atoms with van der Waals surface area (Å²) in [6.45, 7) is 19.1. The van der Waals surface area contributed by atoms with Gasteiger partial charge in [-0.2, -0.15) is 0 Å². The van der Waals surface area contributed by atoms with Gasteiger partial charge >= 0.3 is 0 Å². The Morgan fingerprint density at radius 1 is 0.625 bits per heavy atom. The summed E-state index contributed by atoms with van der Waals surface area (Å²) in [5.74, 6) is 0. The van der Waals surface area contributed by atoms with Gasteiger partial charge in [-0.25, -0.2) is 0 Å². The summed E-state index contributed by atoms with van der Waals surface area (Å²) < 4.78 is 12.0. The standard InChI is InChI=1S/C18H42N4O2/c1-15(2,9-11-21-17(5,6)19)23-13-10-16(3,4)24-14-12-22-18(7,8)20/h21-22H,9-14,19-20H2,1-8H3. The predicted molar refractivity (Wildman–Crippen MR) is 102 cm³/mol. The van der Waals surface area contributed by atoms with Gasteiger partial charge in [-0.15, -0.1) is 0 Å². The Hall–Kier alpha value is -0.240. The first kappa shape index (κ1) is 23.8. The first-order valence-electron chi connectivity index (χ1n) is 8.98. The molecule has 0 aromatic carbocycles. The summed E-state index contributed by atoms with van der Waals surface area (Å²) in [6.07, 6.45) is 1.75. The molecule has 0 radical (unpaired) electrons. The van der Waals surface area contributed by atoms with Gasteiger partial charge in [0.15, 0.2) is 0 Å². The van der Waals surface area contributed by atoms with Gasteiger partial charge in [0.25, 0.3) is 0 Å². The Morgan fingerprint density at radius 3 is 1.54 bits per heavy atom. The van der Waals surface area contributed by atoms with Crippen molar-refractivity contribution in [1.82, 2.24) is 10.6 Å². The van der Waals surface area contributed by atoms with E-state index in [4.69, 9.17) is 20.9 Å². The minimum atomic E-state index is -0.368. The highest BCUT2D eigenvalue weighted by Gasteiger charge is 2.23. The van der Waals surface area contributed by atoms with Crippen LogP contribution in [0, 0.1) is 0 Å². The molecule has 0 saturated carbocycles.